The quantitative estimate of drug-likeness (QED) is 0.245. The second-order valence-corrected chi connectivity index (χ2v) is 10.6. The van der Waals surface area contributed by atoms with Crippen molar-refractivity contribution in [1.29, 1.82) is 0 Å². The molecule has 2 rings (SSSR count). The van der Waals surface area contributed by atoms with Crippen LogP contribution in [0.15, 0.2) is 23.3 Å². The van der Waals surface area contributed by atoms with E-state index in [-0.39, 0.29) is 11.1 Å². The first kappa shape index (κ1) is 28.5. The summed E-state index contributed by atoms with van der Waals surface area (Å²) in [5.41, 5.74) is -8.88. The third kappa shape index (κ3) is 3.34. The molecule has 0 heterocycles. The van der Waals surface area contributed by atoms with E-state index < -0.39 is 81.1 Å². The van der Waals surface area contributed by atoms with Gasteiger partial charge in [-0.1, -0.05) is 12.2 Å². The van der Waals surface area contributed by atoms with Crippen LogP contribution >= 0.6 is 0 Å². The lowest BCUT2D eigenvalue weighted by Crippen LogP contribution is -2.79. The molecule has 4 atom stereocenters. The lowest BCUT2D eigenvalue weighted by atomic mass is 9.26. The van der Waals surface area contributed by atoms with E-state index in [0.29, 0.717) is 0 Å². The highest BCUT2D eigenvalue weighted by Gasteiger charge is 2.84. The van der Waals surface area contributed by atoms with Gasteiger partial charge in [-0.25, -0.2) is 9.59 Å². The predicted molar refractivity (Wildman–Crippen MR) is 120 cm³/mol. The van der Waals surface area contributed by atoms with E-state index >= 15 is 0 Å². The molecule has 2 aliphatic carbocycles. The molecule has 198 valence electrons. The van der Waals surface area contributed by atoms with E-state index in [9.17, 15) is 59.4 Å². The maximum atomic E-state index is 12.6. The molecule has 2 saturated carbocycles. The number of carbonyl (C=O) groups is 6. The summed E-state index contributed by atoms with van der Waals surface area (Å²) < 4.78 is 0. The van der Waals surface area contributed by atoms with Crippen LogP contribution < -0.4 is 0 Å². The van der Waals surface area contributed by atoms with Crippen molar-refractivity contribution in [1.82, 2.24) is 0 Å². The zero-order chi connectivity index (χ0) is 28.3. The summed E-state index contributed by atoms with van der Waals surface area (Å²) in [6, 6.07) is 0. The first-order valence-corrected chi connectivity index (χ1v) is 11.0. The van der Waals surface area contributed by atoms with Gasteiger partial charge in [0.05, 0.1) is 21.7 Å². The molecule has 0 aromatic rings. The SMILES string of the molecule is C/C(=C/C1[C@](C)(C(=O)O)C(C2[C@](C)(C(=O)O)C(/C=C(/C)C(=O)O)[C@@]2(C)C(=O)O)[C@@]1(C)C(=O)O)C(=O)O. The number of carboxylic acids is 6. The summed E-state index contributed by atoms with van der Waals surface area (Å²) in [7, 11) is 0. The van der Waals surface area contributed by atoms with Crippen molar-refractivity contribution in [2.75, 3.05) is 0 Å². The normalized spacial score (nSPS) is 40.4. The maximum absolute atomic E-state index is 12.6. The minimum atomic E-state index is -2.06. The average Bonchev–Trinajstić information content (AvgIpc) is 2.76. The van der Waals surface area contributed by atoms with Gasteiger partial charge in [0.1, 0.15) is 0 Å². The van der Waals surface area contributed by atoms with Gasteiger partial charge in [-0.2, -0.15) is 0 Å². The van der Waals surface area contributed by atoms with E-state index in [2.05, 4.69) is 0 Å². The standard InChI is InChI=1S/C24H30O12/c1-9(15(25)26)7-11-21(3,17(29)30)13(22(11,4)18(31)32)14-23(5,19(33)34)12(8-10(2)16(27)28)24(14,6)20(35)36/h7-8,11-14H,1-6H3,(H,25,26)(H,27,28)(H,29,30)(H,31,32)(H,33,34)(H,35,36)/b9-7-,10-8-/t11?,12?,13?,14?,21-,22-,23+,24+. The Kier molecular flexibility index (Phi) is 6.70. The highest BCUT2D eigenvalue weighted by atomic mass is 16.4. The number of hydrogen-bond acceptors (Lipinski definition) is 6. The van der Waals surface area contributed by atoms with Gasteiger partial charge < -0.3 is 30.6 Å². The first-order chi connectivity index (χ1) is 16.2. The van der Waals surface area contributed by atoms with Gasteiger partial charge in [0.2, 0.25) is 0 Å². The summed E-state index contributed by atoms with van der Waals surface area (Å²) in [5.74, 6) is -15.0. The Morgan fingerprint density at radius 2 is 0.694 bits per heavy atom. The van der Waals surface area contributed by atoms with Crippen molar-refractivity contribution in [3.8, 4) is 0 Å². The molecule has 2 fully saturated rings. The van der Waals surface area contributed by atoms with Gasteiger partial charge in [0.15, 0.2) is 0 Å². The van der Waals surface area contributed by atoms with Crippen LogP contribution in [0.5, 0.6) is 0 Å². The van der Waals surface area contributed by atoms with E-state index in [1.807, 2.05) is 0 Å². The van der Waals surface area contributed by atoms with E-state index in [4.69, 9.17) is 0 Å². The third-order valence-electron chi connectivity index (χ3n) is 8.85. The average molecular weight is 510 g/mol. The predicted octanol–water partition coefficient (Wildman–Crippen LogP) is 1.90. The zero-order valence-corrected chi connectivity index (χ0v) is 20.6. The molecular formula is C24H30O12. The monoisotopic (exact) mass is 510 g/mol. The molecule has 0 bridgehead atoms. The number of allylic oxidation sites excluding steroid dienone is 2. The van der Waals surface area contributed by atoms with Crippen LogP contribution in [0.3, 0.4) is 0 Å². The molecule has 0 aromatic heterocycles. The van der Waals surface area contributed by atoms with Crippen LogP contribution in [-0.2, 0) is 28.8 Å². The second-order valence-electron chi connectivity index (χ2n) is 10.6. The number of carboxylic acid groups (broad SMARTS) is 6. The van der Waals surface area contributed by atoms with Gasteiger partial charge >= 0.3 is 35.8 Å². The van der Waals surface area contributed by atoms with Crippen molar-refractivity contribution in [3.05, 3.63) is 23.3 Å². The van der Waals surface area contributed by atoms with Crippen LogP contribution in [0.1, 0.15) is 41.5 Å². The van der Waals surface area contributed by atoms with Crippen LogP contribution in [0, 0.1) is 45.3 Å². The van der Waals surface area contributed by atoms with Crippen molar-refractivity contribution in [3.63, 3.8) is 0 Å². The molecule has 12 heteroatoms. The second kappa shape index (κ2) is 8.45. The first-order valence-electron chi connectivity index (χ1n) is 11.0. The molecule has 0 unspecified atom stereocenters. The topological polar surface area (TPSA) is 224 Å². The van der Waals surface area contributed by atoms with Gasteiger partial charge in [0.25, 0.3) is 0 Å². The largest absolute Gasteiger partial charge is 0.481 e. The van der Waals surface area contributed by atoms with E-state index in [1.54, 1.807) is 0 Å². The van der Waals surface area contributed by atoms with Crippen molar-refractivity contribution >= 4 is 35.8 Å². The van der Waals surface area contributed by atoms with Gasteiger partial charge in [-0.3, -0.25) is 19.2 Å². The van der Waals surface area contributed by atoms with E-state index in [0.717, 1.165) is 53.7 Å². The fraction of sp³-hybridized carbons (Fsp3) is 0.583. The molecule has 12 nitrogen and oxygen atoms in total. The summed E-state index contributed by atoms with van der Waals surface area (Å²) in [5, 5.41) is 59.5. The van der Waals surface area contributed by atoms with Crippen molar-refractivity contribution in [2.45, 2.75) is 41.5 Å². The lowest BCUT2D eigenvalue weighted by Gasteiger charge is -2.73. The highest BCUT2D eigenvalue weighted by molar-refractivity contribution is 5.92. The smallest absolute Gasteiger partial charge is 0.330 e. The van der Waals surface area contributed by atoms with Crippen molar-refractivity contribution in [2.24, 2.45) is 45.3 Å². The lowest BCUT2D eigenvalue weighted by molar-refractivity contribution is -0.285. The Bertz CT molecular complexity index is 990. The summed E-state index contributed by atoms with van der Waals surface area (Å²) >= 11 is 0. The third-order valence-corrected chi connectivity index (χ3v) is 8.85. The summed E-state index contributed by atoms with van der Waals surface area (Å²) in [6.07, 6.45) is 2.00. The van der Waals surface area contributed by atoms with Crippen molar-refractivity contribution < 1.29 is 59.4 Å². The Morgan fingerprint density at radius 1 is 0.500 bits per heavy atom. The van der Waals surface area contributed by atoms with Gasteiger partial charge in [0, 0.05) is 23.0 Å². The minimum absolute atomic E-state index is 0.327. The fourth-order valence-corrected chi connectivity index (χ4v) is 6.86. The molecule has 6 N–H and O–H groups in total. The molecule has 0 spiro atoms. The molecule has 0 saturated heterocycles. The molecule has 0 aliphatic heterocycles. The molecule has 2 aliphatic rings. The molecule has 0 amide bonds. The van der Waals surface area contributed by atoms with Crippen LogP contribution in [0.2, 0.25) is 0 Å². The molecule has 0 radical (unpaired) electrons. The van der Waals surface area contributed by atoms with Gasteiger partial charge in [-0.15, -0.1) is 0 Å². The van der Waals surface area contributed by atoms with Gasteiger partial charge in [-0.05, 0) is 53.4 Å². The minimum Gasteiger partial charge on any atom is -0.481 e. The molecule has 36 heavy (non-hydrogen) atoms. The molecular weight excluding hydrogens is 480 g/mol. The van der Waals surface area contributed by atoms with Crippen LogP contribution in [-0.4, -0.2) is 66.5 Å². The van der Waals surface area contributed by atoms with E-state index in [1.165, 1.54) is 0 Å². The Hall–Kier alpha value is -3.70. The molecule has 0 aromatic carbocycles. The van der Waals surface area contributed by atoms with Crippen LogP contribution in [0.4, 0.5) is 0 Å². The summed E-state index contributed by atoms with van der Waals surface area (Å²) in [6.45, 7) is 6.91. The fourth-order valence-electron chi connectivity index (χ4n) is 6.86. The maximum Gasteiger partial charge on any atom is 0.330 e. The number of rotatable bonds is 9. The Balaban J connectivity index is 2.94. The number of hydrogen-bond donors (Lipinski definition) is 6. The van der Waals surface area contributed by atoms with Crippen LogP contribution in [0.25, 0.3) is 0 Å². The Morgan fingerprint density at radius 3 is 0.833 bits per heavy atom. The number of aliphatic carboxylic acids is 6. The Labute approximate surface area is 205 Å². The summed E-state index contributed by atoms with van der Waals surface area (Å²) in [4.78, 5) is 73.2. The zero-order valence-electron chi connectivity index (χ0n) is 20.6. The highest BCUT2D eigenvalue weighted by Crippen LogP contribution is 2.78.